The number of carbonyl (C=O) groups excluding carboxylic acids is 3. The van der Waals surface area contributed by atoms with Gasteiger partial charge >= 0.3 is 0 Å². The highest BCUT2D eigenvalue weighted by atomic mass is 32.2. The van der Waals surface area contributed by atoms with Gasteiger partial charge in [-0.15, -0.1) is 5.10 Å². The number of aromatic nitrogens is 5. The number of amides is 3. The van der Waals surface area contributed by atoms with Crippen molar-refractivity contribution in [2.75, 3.05) is 18.8 Å². The second-order valence-corrected chi connectivity index (χ2v) is 8.40. The number of thioether (sulfide) groups is 2. The van der Waals surface area contributed by atoms with Crippen LogP contribution >= 0.6 is 23.5 Å². The van der Waals surface area contributed by atoms with E-state index in [4.69, 9.17) is 0 Å². The highest BCUT2D eigenvalue weighted by Gasteiger charge is 2.34. The lowest BCUT2D eigenvalue weighted by atomic mass is 10.2. The molecule has 4 rings (SSSR count). The molecule has 2 aromatic heterocycles. The van der Waals surface area contributed by atoms with Crippen molar-refractivity contribution >= 4 is 46.7 Å². The first-order valence-electron chi connectivity index (χ1n) is 9.50. The number of pyridine rings is 1. The Kier molecular flexibility index (Phi) is 6.92. The quantitative estimate of drug-likeness (QED) is 0.391. The van der Waals surface area contributed by atoms with Crippen molar-refractivity contribution in [2.24, 2.45) is 0 Å². The second kappa shape index (κ2) is 10.2. The summed E-state index contributed by atoms with van der Waals surface area (Å²) in [4.78, 5) is 42.3. The molecule has 3 aromatic rings. The number of carbonyl (C=O) groups is 3. The number of nitrogens with one attached hydrogen (secondary N) is 1. The van der Waals surface area contributed by atoms with Crippen LogP contribution in [0.5, 0.6) is 0 Å². The number of hydrogen-bond donors (Lipinski definition) is 1. The molecule has 0 radical (unpaired) electrons. The Morgan fingerprint density at radius 3 is 2.78 bits per heavy atom. The predicted molar refractivity (Wildman–Crippen MR) is 120 cm³/mol. The Bertz CT molecular complexity index is 1150. The summed E-state index contributed by atoms with van der Waals surface area (Å²) in [6.07, 6.45) is 4.87. The normalized spacial score (nSPS) is 14.9. The highest BCUT2D eigenvalue weighted by Crippen LogP contribution is 2.31. The first-order chi connectivity index (χ1) is 15.6. The molecule has 3 heterocycles. The fraction of sp³-hybridized carbons (Fsp3) is 0.150. The van der Waals surface area contributed by atoms with Crippen molar-refractivity contribution in [3.8, 4) is 5.69 Å². The van der Waals surface area contributed by atoms with Crippen molar-refractivity contribution in [3.63, 3.8) is 0 Å². The van der Waals surface area contributed by atoms with Gasteiger partial charge in [0.2, 0.25) is 11.1 Å². The van der Waals surface area contributed by atoms with Crippen LogP contribution in [0.4, 0.5) is 4.79 Å². The molecular formula is C20H17N7O3S2. The number of tetrazole rings is 1. The summed E-state index contributed by atoms with van der Waals surface area (Å²) in [7, 11) is 0. The van der Waals surface area contributed by atoms with Crippen LogP contribution in [0.3, 0.4) is 0 Å². The number of hydrogen-bond acceptors (Lipinski definition) is 9. The maximum Gasteiger partial charge on any atom is 0.293 e. The second-order valence-electron chi connectivity index (χ2n) is 6.47. The van der Waals surface area contributed by atoms with Crippen LogP contribution in [0.15, 0.2) is 64.9 Å². The average Bonchev–Trinajstić information content (AvgIpc) is 3.39. The Labute approximate surface area is 191 Å². The third-order valence-corrected chi connectivity index (χ3v) is 6.11. The molecule has 0 spiro atoms. The molecule has 1 aromatic carbocycles. The maximum atomic E-state index is 12.5. The molecule has 0 saturated carbocycles. The van der Waals surface area contributed by atoms with Gasteiger partial charge in [0, 0.05) is 25.5 Å². The van der Waals surface area contributed by atoms with Gasteiger partial charge in [-0.25, -0.2) is 0 Å². The molecule has 1 aliphatic heterocycles. The van der Waals surface area contributed by atoms with Crippen LogP contribution in [0.25, 0.3) is 11.8 Å². The van der Waals surface area contributed by atoms with Crippen LogP contribution in [0, 0.1) is 0 Å². The Hall–Kier alpha value is -3.51. The van der Waals surface area contributed by atoms with Gasteiger partial charge in [-0.1, -0.05) is 36.0 Å². The van der Waals surface area contributed by atoms with Gasteiger partial charge in [0.05, 0.1) is 16.3 Å². The van der Waals surface area contributed by atoms with Crippen LogP contribution in [-0.2, 0) is 9.59 Å². The van der Waals surface area contributed by atoms with Gasteiger partial charge in [0.15, 0.2) is 0 Å². The first kappa shape index (κ1) is 21.7. The van der Waals surface area contributed by atoms with E-state index in [0.717, 1.165) is 27.9 Å². The van der Waals surface area contributed by atoms with Gasteiger partial charge in [0.1, 0.15) is 0 Å². The van der Waals surface area contributed by atoms with Crippen LogP contribution in [0.2, 0.25) is 0 Å². The fourth-order valence-corrected chi connectivity index (χ4v) is 4.38. The van der Waals surface area contributed by atoms with Gasteiger partial charge in [-0.05, 0) is 52.0 Å². The number of para-hydroxylation sites is 1. The Morgan fingerprint density at radius 2 is 2.00 bits per heavy atom. The summed E-state index contributed by atoms with van der Waals surface area (Å²) < 4.78 is 1.55. The lowest BCUT2D eigenvalue weighted by Crippen LogP contribution is -2.37. The van der Waals surface area contributed by atoms with Gasteiger partial charge in [0.25, 0.3) is 11.1 Å². The zero-order valence-corrected chi connectivity index (χ0v) is 18.3. The number of rotatable bonds is 8. The van der Waals surface area contributed by atoms with E-state index in [0.29, 0.717) is 10.1 Å². The van der Waals surface area contributed by atoms with E-state index in [-0.39, 0.29) is 35.9 Å². The summed E-state index contributed by atoms with van der Waals surface area (Å²) in [5.74, 6) is -0.541. The minimum atomic E-state index is -0.380. The summed E-state index contributed by atoms with van der Waals surface area (Å²) in [5.41, 5.74) is 1.53. The Balaban J connectivity index is 1.26. The molecular weight excluding hydrogens is 450 g/mol. The molecule has 32 heavy (non-hydrogen) atoms. The van der Waals surface area contributed by atoms with E-state index in [1.165, 1.54) is 11.8 Å². The number of imide groups is 1. The van der Waals surface area contributed by atoms with E-state index < -0.39 is 0 Å². The topological polar surface area (TPSA) is 123 Å². The molecule has 162 valence electrons. The molecule has 10 nitrogen and oxygen atoms in total. The zero-order chi connectivity index (χ0) is 22.3. The highest BCUT2D eigenvalue weighted by molar-refractivity contribution is 8.18. The maximum absolute atomic E-state index is 12.5. The van der Waals surface area contributed by atoms with E-state index >= 15 is 0 Å². The average molecular weight is 468 g/mol. The number of nitrogens with zero attached hydrogens (tertiary/aromatic N) is 6. The minimum absolute atomic E-state index is 0.0905. The standard InChI is InChI=1S/C20H17N7O3S2/c28-17(13-31-19-23-24-25-27(19)15-6-2-1-3-7-15)22-9-10-26-18(29)16(32-20(26)30)11-14-5-4-8-21-12-14/h1-8,11-12H,9-10,13H2,(H,22,28)/b16-11+. The molecule has 1 aliphatic rings. The van der Waals surface area contributed by atoms with Crippen LogP contribution in [0.1, 0.15) is 5.56 Å². The largest absolute Gasteiger partial charge is 0.354 e. The van der Waals surface area contributed by atoms with E-state index in [2.05, 4.69) is 25.8 Å². The fourth-order valence-electron chi connectivity index (χ4n) is 2.79. The number of benzene rings is 1. The molecule has 0 unspecified atom stereocenters. The summed E-state index contributed by atoms with van der Waals surface area (Å²) in [5, 5.41) is 14.4. The SMILES string of the molecule is O=C(CSc1nnnn1-c1ccccc1)NCCN1C(=O)S/C(=C/c2cccnc2)C1=O. The lowest BCUT2D eigenvalue weighted by molar-refractivity contribution is -0.123. The molecule has 0 atom stereocenters. The smallest absolute Gasteiger partial charge is 0.293 e. The molecule has 3 amide bonds. The first-order valence-corrected chi connectivity index (χ1v) is 11.3. The van der Waals surface area contributed by atoms with Crippen molar-refractivity contribution in [1.29, 1.82) is 0 Å². The van der Waals surface area contributed by atoms with E-state index in [1.54, 1.807) is 35.3 Å². The molecule has 0 aliphatic carbocycles. The summed E-state index contributed by atoms with van der Waals surface area (Å²) >= 11 is 2.06. The van der Waals surface area contributed by atoms with Crippen LogP contribution in [-0.4, -0.2) is 66.0 Å². The van der Waals surface area contributed by atoms with E-state index in [1.807, 2.05) is 30.3 Å². The molecule has 1 saturated heterocycles. The van der Waals surface area contributed by atoms with Crippen molar-refractivity contribution in [3.05, 3.63) is 65.3 Å². The van der Waals surface area contributed by atoms with Crippen molar-refractivity contribution in [1.82, 2.24) is 35.4 Å². The Morgan fingerprint density at radius 1 is 1.16 bits per heavy atom. The summed E-state index contributed by atoms with van der Waals surface area (Å²) in [6.45, 7) is 0.244. The van der Waals surface area contributed by atoms with Gasteiger partial charge < -0.3 is 5.32 Å². The molecule has 12 heteroatoms. The molecule has 1 fully saturated rings. The monoisotopic (exact) mass is 467 g/mol. The third kappa shape index (κ3) is 5.21. The third-order valence-electron chi connectivity index (χ3n) is 4.29. The predicted octanol–water partition coefficient (Wildman–Crippen LogP) is 2.00. The van der Waals surface area contributed by atoms with Gasteiger partial charge in [-0.2, -0.15) is 4.68 Å². The van der Waals surface area contributed by atoms with E-state index in [9.17, 15) is 14.4 Å². The van der Waals surface area contributed by atoms with Crippen molar-refractivity contribution in [2.45, 2.75) is 5.16 Å². The van der Waals surface area contributed by atoms with Gasteiger partial charge in [-0.3, -0.25) is 24.3 Å². The lowest BCUT2D eigenvalue weighted by Gasteiger charge is -2.12. The summed E-state index contributed by atoms with van der Waals surface area (Å²) in [6, 6.07) is 12.9. The van der Waals surface area contributed by atoms with Crippen molar-refractivity contribution < 1.29 is 14.4 Å². The molecule has 0 bridgehead atoms. The minimum Gasteiger partial charge on any atom is -0.354 e. The molecule has 1 N–H and O–H groups in total. The zero-order valence-electron chi connectivity index (χ0n) is 16.6. The van der Waals surface area contributed by atoms with Crippen LogP contribution < -0.4 is 5.32 Å².